The van der Waals surface area contributed by atoms with Crippen molar-refractivity contribution in [2.24, 2.45) is 10.2 Å². The first kappa shape index (κ1) is 12.3. The van der Waals surface area contributed by atoms with Crippen LogP contribution in [0.4, 0.5) is 5.69 Å². The van der Waals surface area contributed by atoms with Gasteiger partial charge in [0.05, 0.1) is 11.3 Å². The Labute approximate surface area is 104 Å². The van der Waals surface area contributed by atoms with E-state index in [1.807, 2.05) is 0 Å². The SMILES string of the molecule is Nc1ccc(C(=O)N=[N+]=NC2CCCC2)cc1O. The number of carbonyl (C=O) groups excluding carboxylic acids is 1. The topological polar surface area (TPSA) is 102 Å². The number of nitrogen functional groups attached to an aromatic ring is 1. The fourth-order valence-corrected chi connectivity index (χ4v) is 1.89. The van der Waals surface area contributed by atoms with Crippen molar-refractivity contribution in [2.75, 3.05) is 5.73 Å². The lowest BCUT2D eigenvalue weighted by Crippen LogP contribution is -1.98. The van der Waals surface area contributed by atoms with Crippen LogP contribution in [0.15, 0.2) is 28.4 Å². The Kier molecular flexibility index (Phi) is 3.69. The predicted octanol–water partition coefficient (Wildman–Crippen LogP) is 2.03. The third-order valence-corrected chi connectivity index (χ3v) is 2.95. The first-order chi connectivity index (χ1) is 8.66. The zero-order valence-electron chi connectivity index (χ0n) is 9.91. The largest absolute Gasteiger partial charge is 0.506 e. The second-order valence-corrected chi connectivity index (χ2v) is 4.32. The van der Waals surface area contributed by atoms with Crippen molar-refractivity contribution < 1.29 is 9.90 Å². The highest BCUT2D eigenvalue weighted by Gasteiger charge is 2.18. The summed E-state index contributed by atoms with van der Waals surface area (Å²) in [4.78, 5) is 15.2. The molecule has 0 bridgehead atoms. The Balaban J connectivity index is 2.06. The Morgan fingerprint density at radius 2 is 2.11 bits per heavy atom. The molecule has 0 aromatic heterocycles. The molecule has 94 valence electrons. The van der Waals surface area contributed by atoms with Crippen molar-refractivity contribution in [1.82, 2.24) is 4.91 Å². The number of aromatic hydroxyl groups is 1. The van der Waals surface area contributed by atoms with Crippen molar-refractivity contribution in [1.29, 1.82) is 0 Å². The van der Waals surface area contributed by atoms with E-state index in [2.05, 4.69) is 15.1 Å². The molecule has 0 aliphatic heterocycles. The van der Waals surface area contributed by atoms with E-state index < -0.39 is 5.91 Å². The fourth-order valence-electron chi connectivity index (χ4n) is 1.89. The third kappa shape index (κ3) is 2.93. The molecule has 0 atom stereocenters. The molecular formula is C12H15N4O2+. The maximum atomic E-state index is 11.6. The lowest BCUT2D eigenvalue weighted by atomic mass is 10.2. The fraction of sp³-hybridized carbons (Fsp3) is 0.417. The quantitative estimate of drug-likeness (QED) is 0.361. The van der Waals surface area contributed by atoms with Crippen LogP contribution < -0.4 is 10.6 Å². The number of nitrogens with zero attached hydrogens (tertiary/aromatic N) is 3. The van der Waals surface area contributed by atoms with Gasteiger partial charge in [0.25, 0.3) is 0 Å². The lowest BCUT2D eigenvalue weighted by Gasteiger charge is -1.97. The van der Waals surface area contributed by atoms with Gasteiger partial charge in [0, 0.05) is 0 Å². The molecule has 2 rings (SSSR count). The highest BCUT2D eigenvalue weighted by molar-refractivity contribution is 5.95. The molecule has 0 spiro atoms. The maximum absolute atomic E-state index is 11.6. The minimum absolute atomic E-state index is 0.135. The van der Waals surface area contributed by atoms with Gasteiger partial charge in [-0.25, -0.2) is 0 Å². The number of phenols is 1. The average molecular weight is 247 g/mol. The number of phenolic OH excluding ortho intramolecular Hbond substituents is 1. The molecular weight excluding hydrogens is 232 g/mol. The zero-order valence-corrected chi connectivity index (χ0v) is 9.91. The highest BCUT2D eigenvalue weighted by Crippen LogP contribution is 2.21. The van der Waals surface area contributed by atoms with Gasteiger partial charge in [0.1, 0.15) is 16.9 Å². The summed E-state index contributed by atoms with van der Waals surface area (Å²) in [5.41, 5.74) is 5.90. The average Bonchev–Trinajstić information content (AvgIpc) is 2.85. The second kappa shape index (κ2) is 5.42. The normalized spacial score (nSPS) is 15.1. The minimum atomic E-state index is -0.535. The summed E-state index contributed by atoms with van der Waals surface area (Å²) in [6.07, 6.45) is 4.33. The molecule has 1 amide bonds. The molecule has 0 unspecified atom stereocenters. The molecule has 1 aromatic carbocycles. The number of nitrogens with two attached hydrogens (primary N) is 1. The molecule has 3 N–H and O–H groups in total. The van der Waals surface area contributed by atoms with Gasteiger partial charge < -0.3 is 10.8 Å². The van der Waals surface area contributed by atoms with E-state index in [0.29, 0.717) is 0 Å². The van der Waals surface area contributed by atoms with Crippen molar-refractivity contribution in [3.05, 3.63) is 23.8 Å². The summed E-state index contributed by atoms with van der Waals surface area (Å²) in [6.45, 7) is 0. The van der Waals surface area contributed by atoms with Gasteiger partial charge in [-0.05, 0) is 31.0 Å². The number of hydrogen-bond donors (Lipinski definition) is 2. The first-order valence-corrected chi connectivity index (χ1v) is 5.90. The molecule has 0 radical (unpaired) electrons. The van der Waals surface area contributed by atoms with E-state index in [1.54, 1.807) is 0 Å². The number of anilines is 1. The van der Waals surface area contributed by atoms with Crippen LogP contribution in [-0.4, -0.2) is 17.1 Å². The van der Waals surface area contributed by atoms with Gasteiger partial charge >= 0.3 is 5.91 Å². The van der Waals surface area contributed by atoms with Gasteiger partial charge in [-0.3, -0.25) is 4.79 Å². The summed E-state index contributed by atoms with van der Waals surface area (Å²) in [6, 6.07) is 4.41. The molecule has 1 aromatic rings. The smallest absolute Gasteiger partial charge is 0.360 e. The first-order valence-electron chi connectivity index (χ1n) is 5.90. The Morgan fingerprint density at radius 3 is 2.78 bits per heavy atom. The van der Waals surface area contributed by atoms with Crippen molar-refractivity contribution in [3.8, 4) is 5.75 Å². The Morgan fingerprint density at radius 1 is 1.39 bits per heavy atom. The van der Waals surface area contributed by atoms with Crippen molar-refractivity contribution in [2.45, 2.75) is 31.7 Å². The predicted molar refractivity (Wildman–Crippen MR) is 66.1 cm³/mol. The molecule has 0 heterocycles. The van der Waals surface area contributed by atoms with E-state index in [-0.39, 0.29) is 23.0 Å². The summed E-state index contributed by atoms with van der Waals surface area (Å²) in [7, 11) is 0. The van der Waals surface area contributed by atoms with Crippen LogP contribution in [0.3, 0.4) is 0 Å². The number of amides is 1. The third-order valence-electron chi connectivity index (χ3n) is 2.95. The number of carbonyl (C=O) groups is 1. The summed E-state index contributed by atoms with van der Waals surface area (Å²) in [5, 5.41) is 16.8. The maximum Gasteiger partial charge on any atom is 0.360 e. The summed E-state index contributed by atoms with van der Waals surface area (Å²) >= 11 is 0. The van der Waals surface area contributed by atoms with E-state index >= 15 is 0 Å². The van der Waals surface area contributed by atoms with Crippen LogP contribution in [0.2, 0.25) is 0 Å². The molecule has 6 heteroatoms. The molecule has 6 nitrogen and oxygen atoms in total. The molecule has 1 fully saturated rings. The van der Waals surface area contributed by atoms with E-state index in [0.717, 1.165) is 25.7 Å². The van der Waals surface area contributed by atoms with Gasteiger partial charge in [-0.15, -0.1) is 0 Å². The van der Waals surface area contributed by atoms with Crippen LogP contribution in [0.25, 0.3) is 0 Å². The number of hydrogen-bond acceptors (Lipinski definition) is 4. The van der Waals surface area contributed by atoms with Crippen LogP contribution in [0.5, 0.6) is 5.75 Å². The van der Waals surface area contributed by atoms with Crippen molar-refractivity contribution in [3.63, 3.8) is 0 Å². The molecule has 0 saturated heterocycles. The second-order valence-electron chi connectivity index (χ2n) is 4.32. The number of benzene rings is 1. The van der Waals surface area contributed by atoms with E-state index in [9.17, 15) is 9.90 Å². The molecule has 18 heavy (non-hydrogen) atoms. The standard InChI is InChI=1S/C12H14N4O2/c13-10-6-5-8(7-11(10)17)12(18)15-16-14-9-3-1-2-4-9/h5-7,9,13H,1-4H2,(H,14,15,18)/p+1. The summed E-state index contributed by atoms with van der Waals surface area (Å²) in [5.74, 6) is -0.671. The van der Waals surface area contributed by atoms with Gasteiger partial charge in [0.15, 0.2) is 0 Å². The molecule has 1 aliphatic rings. The van der Waals surface area contributed by atoms with E-state index in [1.165, 1.54) is 18.2 Å². The van der Waals surface area contributed by atoms with Gasteiger partial charge in [-0.2, -0.15) is 0 Å². The minimum Gasteiger partial charge on any atom is -0.506 e. The Hall–Kier alpha value is -2.20. The lowest BCUT2D eigenvalue weighted by molar-refractivity contribution is 0.0992. The van der Waals surface area contributed by atoms with Crippen LogP contribution in [0.1, 0.15) is 36.0 Å². The monoisotopic (exact) mass is 247 g/mol. The molecule has 1 aliphatic carbocycles. The van der Waals surface area contributed by atoms with Crippen molar-refractivity contribution >= 4 is 11.6 Å². The van der Waals surface area contributed by atoms with Gasteiger partial charge in [-0.1, -0.05) is 12.8 Å². The molecule has 1 saturated carbocycles. The van der Waals surface area contributed by atoms with E-state index in [4.69, 9.17) is 5.73 Å². The zero-order chi connectivity index (χ0) is 13.0. The summed E-state index contributed by atoms with van der Waals surface area (Å²) < 4.78 is 0. The Bertz CT molecular complexity index is 515. The van der Waals surface area contributed by atoms with Crippen LogP contribution >= 0.6 is 0 Å². The van der Waals surface area contributed by atoms with Crippen LogP contribution in [-0.2, 0) is 0 Å². The van der Waals surface area contributed by atoms with Crippen LogP contribution in [0, 0.1) is 0 Å². The number of rotatable bonds is 2. The van der Waals surface area contributed by atoms with Gasteiger partial charge in [0.2, 0.25) is 10.0 Å². The highest BCUT2D eigenvalue weighted by atomic mass is 16.3.